The summed E-state index contributed by atoms with van der Waals surface area (Å²) >= 11 is 0. The van der Waals surface area contributed by atoms with E-state index in [0.29, 0.717) is 18.9 Å². The van der Waals surface area contributed by atoms with E-state index >= 15 is 0 Å². The highest BCUT2D eigenvalue weighted by molar-refractivity contribution is 5.78. The average Bonchev–Trinajstić information content (AvgIpc) is 2.80. The molecule has 0 aromatic heterocycles. The topological polar surface area (TPSA) is 55.6 Å². The number of nitrogens with zero attached hydrogens (tertiary/aromatic N) is 1. The van der Waals surface area contributed by atoms with Crippen LogP contribution in [0.25, 0.3) is 0 Å². The molecule has 1 saturated heterocycles. The highest BCUT2D eigenvalue weighted by Gasteiger charge is 2.51. The second kappa shape index (κ2) is 3.21. The van der Waals surface area contributed by atoms with Gasteiger partial charge in [0.15, 0.2) is 0 Å². The predicted octanol–water partition coefficient (Wildman–Crippen LogP) is 0.666. The van der Waals surface area contributed by atoms with Crippen molar-refractivity contribution in [2.24, 2.45) is 11.7 Å². The van der Waals surface area contributed by atoms with Gasteiger partial charge in [-0.05, 0) is 32.6 Å². The maximum Gasteiger partial charge on any atom is 0.249 e. The molecule has 1 heterocycles. The van der Waals surface area contributed by atoms with E-state index in [0.717, 1.165) is 0 Å². The summed E-state index contributed by atoms with van der Waals surface area (Å²) in [4.78, 5) is 17.3. The van der Waals surface area contributed by atoms with E-state index in [2.05, 4.69) is 0 Å². The monoisotopic (exact) mass is 198 g/mol. The quantitative estimate of drug-likeness (QED) is 0.725. The van der Waals surface area contributed by atoms with Gasteiger partial charge in [-0.25, -0.2) is 5.06 Å². The second-order valence-corrected chi connectivity index (χ2v) is 4.79. The molecule has 80 valence electrons. The summed E-state index contributed by atoms with van der Waals surface area (Å²) in [6.45, 7) is 4.41. The Morgan fingerprint density at radius 3 is 2.86 bits per heavy atom. The van der Waals surface area contributed by atoms with Gasteiger partial charge < -0.3 is 5.73 Å². The predicted molar refractivity (Wildman–Crippen MR) is 52.2 cm³/mol. The van der Waals surface area contributed by atoms with Crippen molar-refractivity contribution in [2.75, 3.05) is 6.54 Å². The van der Waals surface area contributed by atoms with Crippen LogP contribution >= 0.6 is 0 Å². The highest BCUT2D eigenvalue weighted by atomic mass is 16.7. The van der Waals surface area contributed by atoms with Crippen LogP contribution in [0.2, 0.25) is 0 Å². The standard InChI is InChI=1S/C10H18N2O2/c1-7(11)6-12-9(13)5-10(2,14-12)8-3-4-8/h7-8H,3-6,11H2,1-2H3. The van der Waals surface area contributed by atoms with Crippen LogP contribution in [-0.4, -0.2) is 29.2 Å². The third-order valence-electron chi connectivity index (χ3n) is 2.99. The van der Waals surface area contributed by atoms with Crippen molar-refractivity contribution in [1.29, 1.82) is 0 Å². The lowest BCUT2D eigenvalue weighted by molar-refractivity contribution is -0.201. The number of rotatable bonds is 3. The summed E-state index contributed by atoms with van der Waals surface area (Å²) in [5, 5.41) is 1.45. The Kier molecular flexibility index (Phi) is 2.27. The van der Waals surface area contributed by atoms with Gasteiger partial charge in [0.1, 0.15) is 5.60 Å². The molecule has 2 atom stereocenters. The van der Waals surface area contributed by atoms with Gasteiger partial charge in [-0.3, -0.25) is 9.63 Å². The zero-order chi connectivity index (χ0) is 10.3. The first kappa shape index (κ1) is 9.93. The molecule has 2 N–H and O–H groups in total. The molecule has 2 fully saturated rings. The largest absolute Gasteiger partial charge is 0.326 e. The van der Waals surface area contributed by atoms with Crippen molar-refractivity contribution < 1.29 is 9.63 Å². The van der Waals surface area contributed by atoms with Crippen LogP contribution in [-0.2, 0) is 9.63 Å². The first-order chi connectivity index (χ1) is 6.51. The first-order valence-electron chi connectivity index (χ1n) is 5.26. The van der Waals surface area contributed by atoms with Gasteiger partial charge in [0.25, 0.3) is 0 Å². The minimum Gasteiger partial charge on any atom is -0.326 e. The Morgan fingerprint density at radius 2 is 2.36 bits per heavy atom. The molecular formula is C10H18N2O2. The van der Waals surface area contributed by atoms with Gasteiger partial charge in [0.05, 0.1) is 13.0 Å². The molecule has 0 spiro atoms. The molecule has 0 aromatic rings. The van der Waals surface area contributed by atoms with E-state index in [1.807, 2.05) is 13.8 Å². The van der Waals surface area contributed by atoms with E-state index in [9.17, 15) is 4.79 Å². The lowest BCUT2D eigenvalue weighted by Gasteiger charge is -2.24. The fraction of sp³-hybridized carbons (Fsp3) is 0.900. The molecule has 1 aliphatic carbocycles. The molecule has 0 bridgehead atoms. The average molecular weight is 198 g/mol. The van der Waals surface area contributed by atoms with Crippen molar-refractivity contribution in [3.63, 3.8) is 0 Å². The van der Waals surface area contributed by atoms with E-state index in [-0.39, 0.29) is 17.6 Å². The van der Waals surface area contributed by atoms with Gasteiger partial charge in [-0.1, -0.05) is 0 Å². The zero-order valence-electron chi connectivity index (χ0n) is 8.82. The van der Waals surface area contributed by atoms with Crippen LogP contribution in [0.15, 0.2) is 0 Å². The SMILES string of the molecule is CC(N)CN1OC(C)(C2CC2)CC1=O. The van der Waals surface area contributed by atoms with Gasteiger partial charge in [0.2, 0.25) is 5.91 Å². The summed E-state index contributed by atoms with van der Waals surface area (Å²) in [6, 6.07) is -0.0273. The van der Waals surface area contributed by atoms with Crippen molar-refractivity contribution in [1.82, 2.24) is 5.06 Å². The fourth-order valence-corrected chi connectivity index (χ4v) is 2.04. The number of hydrogen-bond acceptors (Lipinski definition) is 3. The Labute approximate surface area is 84.3 Å². The smallest absolute Gasteiger partial charge is 0.249 e. The van der Waals surface area contributed by atoms with Gasteiger partial charge in [0, 0.05) is 6.04 Å². The van der Waals surface area contributed by atoms with E-state index in [1.165, 1.54) is 17.9 Å². The molecule has 2 unspecified atom stereocenters. The van der Waals surface area contributed by atoms with Gasteiger partial charge >= 0.3 is 0 Å². The minimum absolute atomic E-state index is 0.0273. The maximum atomic E-state index is 11.6. The summed E-state index contributed by atoms with van der Waals surface area (Å²) in [5.41, 5.74) is 5.40. The number of nitrogens with two attached hydrogens (primary N) is 1. The molecule has 2 aliphatic rings. The fourth-order valence-electron chi connectivity index (χ4n) is 2.04. The lowest BCUT2D eigenvalue weighted by atomic mass is 9.97. The normalized spacial score (nSPS) is 35.1. The van der Waals surface area contributed by atoms with Crippen molar-refractivity contribution in [3.8, 4) is 0 Å². The third kappa shape index (κ3) is 1.77. The van der Waals surface area contributed by atoms with E-state index in [1.54, 1.807) is 0 Å². The lowest BCUT2D eigenvalue weighted by Crippen LogP contribution is -2.37. The van der Waals surface area contributed by atoms with Gasteiger partial charge in [-0.15, -0.1) is 0 Å². The molecule has 4 heteroatoms. The number of amides is 1. The van der Waals surface area contributed by atoms with Crippen LogP contribution in [0.5, 0.6) is 0 Å². The third-order valence-corrected chi connectivity index (χ3v) is 2.99. The summed E-state index contributed by atoms with van der Waals surface area (Å²) in [5.74, 6) is 0.654. The van der Waals surface area contributed by atoms with Crippen LogP contribution in [0.4, 0.5) is 0 Å². The molecule has 0 radical (unpaired) electrons. The summed E-state index contributed by atoms with van der Waals surface area (Å²) in [7, 11) is 0. The number of hydroxylamine groups is 2. The second-order valence-electron chi connectivity index (χ2n) is 4.79. The Morgan fingerprint density at radius 1 is 1.71 bits per heavy atom. The Bertz CT molecular complexity index is 251. The van der Waals surface area contributed by atoms with Crippen LogP contribution in [0.1, 0.15) is 33.1 Å². The van der Waals surface area contributed by atoms with E-state index in [4.69, 9.17) is 10.6 Å². The molecule has 4 nitrogen and oxygen atoms in total. The highest BCUT2D eigenvalue weighted by Crippen LogP contribution is 2.46. The molecule has 1 aliphatic heterocycles. The summed E-state index contributed by atoms with van der Waals surface area (Å²) < 4.78 is 0. The van der Waals surface area contributed by atoms with Crippen molar-refractivity contribution >= 4 is 5.91 Å². The first-order valence-corrected chi connectivity index (χ1v) is 5.26. The summed E-state index contributed by atoms with van der Waals surface area (Å²) in [6.07, 6.45) is 2.90. The molecule has 14 heavy (non-hydrogen) atoms. The van der Waals surface area contributed by atoms with E-state index < -0.39 is 0 Å². The number of hydrogen-bond donors (Lipinski definition) is 1. The maximum absolute atomic E-state index is 11.6. The van der Waals surface area contributed by atoms with Crippen molar-refractivity contribution in [3.05, 3.63) is 0 Å². The zero-order valence-corrected chi connectivity index (χ0v) is 8.82. The molecular weight excluding hydrogens is 180 g/mol. The molecule has 1 saturated carbocycles. The van der Waals surface area contributed by atoms with Crippen molar-refractivity contribution in [2.45, 2.75) is 44.8 Å². The molecule has 2 rings (SSSR count). The Balaban J connectivity index is 1.99. The number of carbonyl (C=O) groups is 1. The number of carbonyl (C=O) groups excluding carboxylic acids is 1. The van der Waals surface area contributed by atoms with Crippen LogP contribution in [0, 0.1) is 5.92 Å². The Hall–Kier alpha value is -0.610. The van der Waals surface area contributed by atoms with Crippen LogP contribution < -0.4 is 5.73 Å². The molecule has 1 amide bonds. The molecule has 0 aromatic carbocycles. The van der Waals surface area contributed by atoms with Crippen LogP contribution in [0.3, 0.4) is 0 Å². The van der Waals surface area contributed by atoms with Gasteiger partial charge in [-0.2, -0.15) is 0 Å². The minimum atomic E-state index is -0.244.